The maximum Gasteiger partial charge on any atom is 0.123 e. The van der Waals surface area contributed by atoms with Crippen LogP contribution in [0.5, 0.6) is 0 Å². The van der Waals surface area contributed by atoms with Crippen LogP contribution in [0, 0.1) is 5.92 Å². The number of nitrogens with two attached hydrogens (primary N) is 1. The quantitative estimate of drug-likeness (QED) is 0.676. The van der Waals surface area contributed by atoms with Crippen molar-refractivity contribution in [2.75, 3.05) is 6.54 Å². The van der Waals surface area contributed by atoms with E-state index in [-0.39, 0.29) is 12.0 Å². The predicted octanol–water partition coefficient (Wildman–Crippen LogP) is 1.29. The summed E-state index contributed by atoms with van der Waals surface area (Å²) < 4.78 is 0. The Kier molecular flexibility index (Phi) is 4.93. The Morgan fingerprint density at radius 1 is 1.32 bits per heavy atom. The molecule has 4 N–H and O–H groups in total. The molecule has 104 valence electrons. The summed E-state index contributed by atoms with van der Waals surface area (Å²) in [4.78, 5) is 4.32. The molecule has 1 heterocycles. The van der Waals surface area contributed by atoms with Crippen LogP contribution in [-0.2, 0) is 6.54 Å². The number of hydrogen-bond donors (Lipinski definition) is 3. The summed E-state index contributed by atoms with van der Waals surface area (Å²) in [6.07, 6.45) is 1.47. The molecule has 4 heteroatoms. The van der Waals surface area contributed by atoms with Crippen LogP contribution in [0.2, 0.25) is 0 Å². The van der Waals surface area contributed by atoms with Gasteiger partial charge in [-0.15, -0.1) is 0 Å². The van der Waals surface area contributed by atoms with E-state index < -0.39 is 6.10 Å². The highest BCUT2D eigenvalue weighted by molar-refractivity contribution is 5.86. The Hall–Kier alpha value is -1.39. The van der Waals surface area contributed by atoms with Gasteiger partial charge in [0.25, 0.3) is 0 Å². The Balaban J connectivity index is 1.63. The van der Waals surface area contributed by atoms with Gasteiger partial charge in [0.15, 0.2) is 0 Å². The van der Waals surface area contributed by atoms with Gasteiger partial charge in [0.2, 0.25) is 0 Å². The zero-order valence-electron chi connectivity index (χ0n) is 11.4. The van der Waals surface area contributed by atoms with Gasteiger partial charge in [-0.25, -0.2) is 0 Å². The standard InChI is InChI=1S/C15H23N3O/c1-11-13(18-15(16)14(11)19)8-5-9-17-10-12-6-3-2-4-7-12/h2-4,6-7,11,13-14,17,19H,5,8-10H2,1H3,(H2,16,18). The predicted molar refractivity (Wildman–Crippen MR) is 78.0 cm³/mol. The van der Waals surface area contributed by atoms with Crippen molar-refractivity contribution in [2.45, 2.75) is 38.5 Å². The summed E-state index contributed by atoms with van der Waals surface area (Å²) in [5.74, 6) is 0.545. The zero-order valence-corrected chi connectivity index (χ0v) is 11.4. The summed E-state index contributed by atoms with van der Waals surface area (Å²) in [6.45, 7) is 3.87. The molecule has 0 spiro atoms. The molecule has 0 aromatic heterocycles. The van der Waals surface area contributed by atoms with Gasteiger partial charge in [-0.1, -0.05) is 37.3 Å². The third-order valence-corrected chi connectivity index (χ3v) is 3.75. The van der Waals surface area contributed by atoms with E-state index in [1.807, 2.05) is 13.0 Å². The summed E-state index contributed by atoms with van der Waals surface area (Å²) in [5, 5.41) is 13.1. The average Bonchev–Trinajstić information content (AvgIpc) is 2.67. The molecule has 0 amide bonds. The highest BCUT2D eigenvalue weighted by atomic mass is 16.3. The zero-order chi connectivity index (χ0) is 13.7. The molecule has 4 nitrogen and oxygen atoms in total. The third-order valence-electron chi connectivity index (χ3n) is 3.75. The normalized spacial score (nSPS) is 26.4. The van der Waals surface area contributed by atoms with Crippen LogP contribution >= 0.6 is 0 Å². The lowest BCUT2D eigenvalue weighted by atomic mass is 9.96. The van der Waals surface area contributed by atoms with Crippen LogP contribution < -0.4 is 11.1 Å². The molecule has 1 aliphatic rings. The molecule has 1 aliphatic heterocycles. The van der Waals surface area contributed by atoms with Gasteiger partial charge in [-0.05, 0) is 24.9 Å². The molecule has 1 aromatic carbocycles. The molecule has 1 aromatic rings. The highest BCUT2D eigenvalue weighted by Crippen LogP contribution is 2.23. The fraction of sp³-hybridized carbons (Fsp3) is 0.533. The number of rotatable bonds is 6. The van der Waals surface area contributed by atoms with Crippen molar-refractivity contribution in [2.24, 2.45) is 16.6 Å². The number of benzene rings is 1. The first-order valence-corrected chi connectivity index (χ1v) is 6.94. The van der Waals surface area contributed by atoms with Crippen molar-refractivity contribution in [1.82, 2.24) is 5.32 Å². The van der Waals surface area contributed by atoms with E-state index >= 15 is 0 Å². The minimum Gasteiger partial charge on any atom is -0.385 e. The number of nitrogens with one attached hydrogen (secondary N) is 1. The van der Waals surface area contributed by atoms with E-state index in [1.54, 1.807) is 0 Å². The van der Waals surface area contributed by atoms with Crippen molar-refractivity contribution < 1.29 is 5.11 Å². The molecular weight excluding hydrogens is 238 g/mol. The van der Waals surface area contributed by atoms with Gasteiger partial charge < -0.3 is 16.2 Å². The molecule has 0 saturated heterocycles. The van der Waals surface area contributed by atoms with Gasteiger partial charge in [0, 0.05) is 12.5 Å². The van der Waals surface area contributed by atoms with E-state index in [4.69, 9.17) is 5.73 Å². The number of aliphatic hydroxyl groups excluding tert-OH is 1. The van der Waals surface area contributed by atoms with E-state index in [0.29, 0.717) is 5.84 Å². The number of amidine groups is 1. The minimum atomic E-state index is -0.553. The van der Waals surface area contributed by atoms with Crippen molar-refractivity contribution in [3.05, 3.63) is 35.9 Å². The second kappa shape index (κ2) is 6.68. The van der Waals surface area contributed by atoms with Crippen molar-refractivity contribution in [3.63, 3.8) is 0 Å². The van der Waals surface area contributed by atoms with Crippen LogP contribution in [0.4, 0.5) is 0 Å². The fourth-order valence-corrected chi connectivity index (χ4v) is 2.46. The number of aliphatic imine (C=N–C) groups is 1. The van der Waals surface area contributed by atoms with Crippen LogP contribution in [0.25, 0.3) is 0 Å². The summed E-state index contributed by atoms with van der Waals surface area (Å²) in [7, 11) is 0. The van der Waals surface area contributed by atoms with Crippen LogP contribution in [0.3, 0.4) is 0 Å². The van der Waals surface area contributed by atoms with Gasteiger partial charge in [0.05, 0.1) is 6.04 Å². The monoisotopic (exact) mass is 261 g/mol. The van der Waals surface area contributed by atoms with Gasteiger partial charge in [-0.2, -0.15) is 0 Å². The number of aliphatic hydroxyl groups is 1. The molecule has 0 bridgehead atoms. The minimum absolute atomic E-state index is 0.147. The SMILES string of the molecule is CC1C(CCCNCc2ccccc2)N=C(N)C1O. The molecule has 0 radical (unpaired) electrons. The maximum atomic E-state index is 9.72. The molecule has 0 saturated carbocycles. The average molecular weight is 261 g/mol. The molecular formula is C15H23N3O. The van der Waals surface area contributed by atoms with Crippen LogP contribution in [0.15, 0.2) is 35.3 Å². The molecule has 0 aliphatic carbocycles. The van der Waals surface area contributed by atoms with Crippen LogP contribution in [0.1, 0.15) is 25.3 Å². The lowest BCUT2D eigenvalue weighted by Crippen LogP contribution is -2.30. The van der Waals surface area contributed by atoms with Crippen molar-refractivity contribution in [1.29, 1.82) is 0 Å². The molecule has 3 atom stereocenters. The lowest BCUT2D eigenvalue weighted by Gasteiger charge is -2.15. The van der Waals surface area contributed by atoms with Gasteiger partial charge in [0.1, 0.15) is 11.9 Å². The van der Waals surface area contributed by atoms with Crippen molar-refractivity contribution in [3.8, 4) is 0 Å². The second-order valence-electron chi connectivity index (χ2n) is 5.23. The lowest BCUT2D eigenvalue weighted by molar-refractivity contribution is 0.175. The first kappa shape index (κ1) is 14.0. The first-order valence-electron chi connectivity index (χ1n) is 6.94. The maximum absolute atomic E-state index is 9.72. The van der Waals surface area contributed by atoms with E-state index in [0.717, 1.165) is 25.9 Å². The summed E-state index contributed by atoms with van der Waals surface area (Å²) in [6, 6.07) is 10.5. The van der Waals surface area contributed by atoms with Gasteiger partial charge >= 0.3 is 0 Å². The Bertz CT molecular complexity index is 419. The summed E-state index contributed by atoms with van der Waals surface area (Å²) >= 11 is 0. The second-order valence-corrected chi connectivity index (χ2v) is 5.23. The molecule has 3 unspecified atom stereocenters. The highest BCUT2D eigenvalue weighted by Gasteiger charge is 2.32. The fourth-order valence-electron chi connectivity index (χ4n) is 2.46. The summed E-state index contributed by atoms with van der Waals surface area (Å²) in [5.41, 5.74) is 6.95. The molecule has 2 rings (SSSR count). The Morgan fingerprint density at radius 2 is 2.05 bits per heavy atom. The third kappa shape index (κ3) is 3.78. The van der Waals surface area contributed by atoms with E-state index in [1.165, 1.54) is 5.56 Å². The molecule has 19 heavy (non-hydrogen) atoms. The van der Waals surface area contributed by atoms with E-state index in [2.05, 4.69) is 34.6 Å². The Morgan fingerprint density at radius 3 is 2.68 bits per heavy atom. The number of nitrogens with zero attached hydrogens (tertiary/aromatic N) is 1. The van der Waals surface area contributed by atoms with Crippen molar-refractivity contribution >= 4 is 5.84 Å². The molecule has 0 fully saturated rings. The number of hydrogen-bond acceptors (Lipinski definition) is 4. The van der Waals surface area contributed by atoms with Gasteiger partial charge in [-0.3, -0.25) is 4.99 Å². The van der Waals surface area contributed by atoms with E-state index in [9.17, 15) is 5.11 Å². The van der Waals surface area contributed by atoms with Crippen LogP contribution in [-0.4, -0.2) is 29.6 Å². The largest absolute Gasteiger partial charge is 0.385 e. The Labute approximate surface area is 114 Å². The topological polar surface area (TPSA) is 70.6 Å². The smallest absolute Gasteiger partial charge is 0.123 e. The first-order chi connectivity index (χ1) is 9.18.